The maximum absolute atomic E-state index is 11.8. The third-order valence-electron chi connectivity index (χ3n) is 4.01. The average molecular weight is 321 g/mol. The van der Waals surface area contributed by atoms with Gasteiger partial charge in [-0.3, -0.25) is 4.79 Å². The van der Waals surface area contributed by atoms with Crippen LogP contribution in [-0.4, -0.2) is 19.1 Å². The Kier molecular flexibility index (Phi) is 2.94. The number of carbonyl (C=O) groups excluding carboxylic acids is 1. The Morgan fingerprint density at radius 2 is 2.11 bits per heavy atom. The Morgan fingerprint density at radius 1 is 1.42 bits per heavy atom. The molecule has 2 fully saturated rings. The third-order valence-corrected chi connectivity index (χ3v) is 7.17. The Bertz CT molecular complexity index is 636. The van der Waals surface area contributed by atoms with Crippen LogP contribution < -0.4 is 10.5 Å². The van der Waals surface area contributed by atoms with Crippen molar-refractivity contribution < 1.29 is 13.2 Å². The number of thiophene rings is 1. The minimum atomic E-state index is -3.65. The van der Waals surface area contributed by atoms with E-state index in [0.717, 1.165) is 4.88 Å². The highest BCUT2D eigenvalue weighted by Gasteiger charge is 2.62. The SMILES string of the molecule is NS(=O)(=O)C1(C2CC(=O)NC2c2ccc(Cl)s2)CC1. The molecule has 0 aromatic carbocycles. The monoisotopic (exact) mass is 320 g/mol. The number of hydrogen-bond acceptors (Lipinski definition) is 4. The lowest BCUT2D eigenvalue weighted by molar-refractivity contribution is -0.119. The number of amides is 1. The van der Waals surface area contributed by atoms with Gasteiger partial charge in [0.25, 0.3) is 0 Å². The number of nitrogens with one attached hydrogen (secondary N) is 1. The molecule has 1 aliphatic carbocycles. The van der Waals surface area contributed by atoms with Crippen molar-refractivity contribution in [1.82, 2.24) is 5.32 Å². The summed E-state index contributed by atoms with van der Waals surface area (Å²) in [6.07, 6.45) is 1.26. The summed E-state index contributed by atoms with van der Waals surface area (Å²) >= 11 is 7.27. The van der Waals surface area contributed by atoms with Crippen LogP contribution in [0, 0.1) is 5.92 Å². The zero-order valence-corrected chi connectivity index (χ0v) is 12.3. The van der Waals surface area contributed by atoms with Crippen LogP contribution in [0.1, 0.15) is 30.2 Å². The molecule has 1 aliphatic heterocycles. The van der Waals surface area contributed by atoms with E-state index in [2.05, 4.69) is 5.32 Å². The lowest BCUT2D eigenvalue weighted by Gasteiger charge is -2.25. The fourth-order valence-corrected chi connectivity index (χ4v) is 5.38. The van der Waals surface area contributed by atoms with Crippen molar-refractivity contribution in [3.8, 4) is 0 Å². The van der Waals surface area contributed by atoms with E-state index < -0.39 is 14.8 Å². The van der Waals surface area contributed by atoms with Crippen molar-refractivity contribution in [2.75, 3.05) is 0 Å². The van der Waals surface area contributed by atoms with Crippen LogP contribution in [0.25, 0.3) is 0 Å². The fraction of sp³-hybridized carbons (Fsp3) is 0.545. The van der Waals surface area contributed by atoms with E-state index in [-0.39, 0.29) is 24.3 Å². The second-order valence-corrected chi connectivity index (χ2v) is 8.76. The first kappa shape index (κ1) is 13.4. The molecular weight excluding hydrogens is 308 g/mol. The van der Waals surface area contributed by atoms with Crippen molar-refractivity contribution in [3.63, 3.8) is 0 Å². The average Bonchev–Trinajstić information content (AvgIpc) is 2.88. The topological polar surface area (TPSA) is 89.3 Å². The highest BCUT2D eigenvalue weighted by molar-refractivity contribution is 7.90. The molecule has 2 aliphatic rings. The summed E-state index contributed by atoms with van der Waals surface area (Å²) in [5, 5.41) is 8.20. The number of carbonyl (C=O) groups is 1. The van der Waals surface area contributed by atoms with Gasteiger partial charge in [0.2, 0.25) is 15.9 Å². The molecule has 0 bridgehead atoms. The first-order valence-corrected chi connectivity index (χ1v) is 8.64. The first-order chi connectivity index (χ1) is 8.83. The molecule has 2 heterocycles. The van der Waals surface area contributed by atoms with E-state index in [9.17, 15) is 13.2 Å². The summed E-state index contributed by atoms with van der Waals surface area (Å²) in [6, 6.07) is 3.28. The van der Waals surface area contributed by atoms with Gasteiger partial charge in [-0.1, -0.05) is 11.6 Å². The standard InChI is InChI=1S/C11H13ClN2O3S2/c12-8-2-1-7(18-8)10-6(5-9(15)14-10)11(3-4-11)19(13,16)17/h1-2,6,10H,3-5H2,(H,14,15)(H2,13,16,17). The summed E-state index contributed by atoms with van der Waals surface area (Å²) in [4.78, 5) is 12.6. The van der Waals surface area contributed by atoms with Gasteiger partial charge >= 0.3 is 0 Å². The van der Waals surface area contributed by atoms with Gasteiger partial charge in [-0.2, -0.15) is 0 Å². The van der Waals surface area contributed by atoms with Crippen LogP contribution in [-0.2, 0) is 14.8 Å². The predicted molar refractivity (Wildman–Crippen MR) is 73.4 cm³/mol. The molecule has 2 atom stereocenters. The van der Waals surface area contributed by atoms with E-state index in [0.29, 0.717) is 17.2 Å². The summed E-state index contributed by atoms with van der Waals surface area (Å²) in [6.45, 7) is 0. The van der Waals surface area contributed by atoms with Gasteiger partial charge in [0.1, 0.15) is 0 Å². The van der Waals surface area contributed by atoms with E-state index in [1.807, 2.05) is 6.07 Å². The quantitative estimate of drug-likeness (QED) is 0.882. The smallest absolute Gasteiger partial charge is 0.220 e. The third kappa shape index (κ3) is 2.08. The number of primary sulfonamides is 1. The van der Waals surface area contributed by atoms with Crippen LogP contribution in [0.4, 0.5) is 0 Å². The van der Waals surface area contributed by atoms with E-state index in [4.69, 9.17) is 16.7 Å². The van der Waals surface area contributed by atoms with Crippen LogP contribution in [0.5, 0.6) is 0 Å². The molecule has 19 heavy (non-hydrogen) atoms. The summed E-state index contributed by atoms with van der Waals surface area (Å²) in [7, 11) is -3.65. The second-order valence-electron chi connectivity index (χ2n) is 5.11. The van der Waals surface area contributed by atoms with Crippen LogP contribution in [0.15, 0.2) is 12.1 Å². The molecule has 0 radical (unpaired) electrons. The highest BCUT2D eigenvalue weighted by Crippen LogP contribution is 2.55. The molecule has 8 heteroatoms. The Hall–Kier alpha value is -0.630. The van der Waals surface area contributed by atoms with Crippen LogP contribution in [0.2, 0.25) is 4.34 Å². The van der Waals surface area contributed by atoms with Gasteiger partial charge in [-0.15, -0.1) is 11.3 Å². The normalized spacial score (nSPS) is 29.3. The zero-order chi connectivity index (χ0) is 13.8. The van der Waals surface area contributed by atoms with Gasteiger partial charge in [-0.05, 0) is 25.0 Å². The van der Waals surface area contributed by atoms with Gasteiger partial charge < -0.3 is 5.32 Å². The lowest BCUT2D eigenvalue weighted by Crippen LogP contribution is -2.39. The number of rotatable bonds is 3. The number of sulfonamides is 1. The van der Waals surface area contributed by atoms with Crippen molar-refractivity contribution in [2.24, 2.45) is 11.1 Å². The predicted octanol–water partition coefficient (Wildman–Crippen LogP) is 1.40. The van der Waals surface area contributed by atoms with Gasteiger partial charge in [0.15, 0.2) is 0 Å². The van der Waals surface area contributed by atoms with Gasteiger partial charge in [0, 0.05) is 17.2 Å². The molecule has 3 rings (SSSR count). The molecule has 5 nitrogen and oxygen atoms in total. The molecule has 1 amide bonds. The first-order valence-electron chi connectivity index (χ1n) is 5.90. The maximum atomic E-state index is 11.8. The molecular formula is C11H13ClN2O3S2. The molecule has 0 spiro atoms. The summed E-state index contributed by atoms with van der Waals surface area (Å²) in [5.74, 6) is -0.431. The molecule has 2 unspecified atom stereocenters. The highest BCUT2D eigenvalue weighted by atomic mass is 35.5. The van der Waals surface area contributed by atoms with Crippen molar-refractivity contribution in [1.29, 1.82) is 0 Å². The molecule has 1 saturated heterocycles. The molecule has 3 N–H and O–H groups in total. The lowest BCUT2D eigenvalue weighted by atomic mass is 9.93. The van der Waals surface area contributed by atoms with E-state index >= 15 is 0 Å². The van der Waals surface area contributed by atoms with Crippen LogP contribution in [0.3, 0.4) is 0 Å². The fourth-order valence-electron chi connectivity index (χ4n) is 2.89. The maximum Gasteiger partial charge on any atom is 0.220 e. The second kappa shape index (κ2) is 4.18. The summed E-state index contributed by atoms with van der Waals surface area (Å²) < 4.78 is 23.3. The van der Waals surface area contributed by atoms with Crippen molar-refractivity contribution in [3.05, 3.63) is 21.3 Å². The van der Waals surface area contributed by atoms with Crippen LogP contribution >= 0.6 is 22.9 Å². The van der Waals surface area contributed by atoms with Gasteiger partial charge in [0.05, 0.1) is 15.1 Å². The van der Waals surface area contributed by atoms with Gasteiger partial charge in [-0.25, -0.2) is 13.6 Å². The Labute approximate surface area is 120 Å². The van der Waals surface area contributed by atoms with Crippen molar-refractivity contribution >= 4 is 38.9 Å². The molecule has 1 saturated carbocycles. The number of halogens is 1. The van der Waals surface area contributed by atoms with Crippen molar-refractivity contribution in [2.45, 2.75) is 30.1 Å². The largest absolute Gasteiger partial charge is 0.348 e. The van der Waals surface area contributed by atoms with E-state index in [1.165, 1.54) is 11.3 Å². The molecule has 1 aromatic rings. The number of nitrogens with two attached hydrogens (primary N) is 1. The number of hydrogen-bond donors (Lipinski definition) is 2. The molecule has 1 aromatic heterocycles. The Balaban J connectivity index is 1.98. The Morgan fingerprint density at radius 3 is 2.58 bits per heavy atom. The summed E-state index contributed by atoms with van der Waals surface area (Å²) in [5.41, 5.74) is 0. The minimum Gasteiger partial charge on any atom is -0.348 e. The molecule has 104 valence electrons. The zero-order valence-electron chi connectivity index (χ0n) is 9.93. The minimum absolute atomic E-state index is 0.130. The van der Waals surface area contributed by atoms with E-state index in [1.54, 1.807) is 6.07 Å².